The van der Waals surface area contributed by atoms with E-state index in [4.69, 9.17) is 11.6 Å². The van der Waals surface area contributed by atoms with E-state index in [0.29, 0.717) is 5.02 Å². The summed E-state index contributed by atoms with van der Waals surface area (Å²) >= 11 is 6.13. The second kappa shape index (κ2) is 6.76. The van der Waals surface area contributed by atoms with Gasteiger partial charge in [0.25, 0.3) is 0 Å². The van der Waals surface area contributed by atoms with E-state index >= 15 is 0 Å². The van der Waals surface area contributed by atoms with Crippen LogP contribution in [0.1, 0.15) is 18.5 Å². The number of nitrogens with one attached hydrogen (secondary N) is 1. The van der Waals surface area contributed by atoms with Gasteiger partial charge < -0.3 is 0 Å². The number of hydrogen-bond acceptors (Lipinski definition) is 3. The highest BCUT2D eigenvalue weighted by Gasteiger charge is 2.21. The number of benzene rings is 2. The van der Waals surface area contributed by atoms with E-state index in [1.54, 1.807) is 25.1 Å². The van der Waals surface area contributed by atoms with E-state index < -0.39 is 16.1 Å². The number of rotatable bonds is 5. The minimum absolute atomic E-state index is 0.102. The Hall–Kier alpha value is -2.15. The largest absolute Gasteiger partial charge is 0.244 e. The first-order valence-corrected chi connectivity index (χ1v) is 9.20. The van der Waals surface area contributed by atoms with E-state index in [1.807, 2.05) is 36.4 Å². The number of nitrogens with zero attached hydrogens (tertiary/aromatic N) is 2. The van der Waals surface area contributed by atoms with Crippen molar-refractivity contribution in [3.63, 3.8) is 0 Å². The summed E-state index contributed by atoms with van der Waals surface area (Å²) in [5.41, 5.74) is 1.51. The zero-order valence-corrected chi connectivity index (χ0v) is 14.5. The molecule has 1 heterocycles. The lowest BCUT2D eigenvalue weighted by Gasteiger charge is -2.15. The molecule has 3 rings (SSSR count). The number of halogens is 1. The quantitative estimate of drug-likeness (QED) is 0.755. The molecule has 0 aliphatic carbocycles. The van der Waals surface area contributed by atoms with Crippen molar-refractivity contribution in [2.45, 2.75) is 17.9 Å². The number of aromatic nitrogens is 2. The van der Waals surface area contributed by atoms with Gasteiger partial charge in [0, 0.05) is 11.1 Å². The van der Waals surface area contributed by atoms with Gasteiger partial charge in [-0.25, -0.2) is 17.8 Å². The smallest absolute Gasteiger partial charge is 0.240 e. The summed E-state index contributed by atoms with van der Waals surface area (Å²) in [5.74, 6) is 0. The second-order valence-electron chi connectivity index (χ2n) is 5.32. The molecule has 1 unspecified atom stereocenters. The normalized spacial score (nSPS) is 12.9. The van der Waals surface area contributed by atoms with Gasteiger partial charge in [-0.1, -0.05) is 48.0 Å². The predicted octanol–water partition coefficient (Wildman–Crippen LogP) is 3.57. The maximum Gasteiger partial charge on any atom is 0.244 e. The van der Waals surface area contributed by atoms with E-state index in [0.717, 1.165) is 11.3 Å². The summed E-state index contributed by atoms with van der Waals surface area (Å²) in [6.45, 7) is 1.75. The Morgan fingerprint density at radius 3 is 2.46 bits per heavy atom. The van der Waals surface area contributed by atoms with Gasteiger partial charge in [-0.05, 0) is 30.7 Å². The van der Waals surface area contributed by atoms with Gasteiger partial charge in [-0.3, -0.25) is 0 Å². The van der Waals surface area contributed by atoms with Crippen molar-refractivity contribution in [1.82, 2.24) is 14.5 Å². The third-order valence-corrected chi connectivity index (χ3v) is 5.43. The Kier molecular flexibility index (Phi) is 4.71. The fraction of sp³-hybridized carbons (Fsp3) is 0.118. The van der Waals surface area contributed by atoms with Gasteiger partial charge >= 0.3 is 0 Å². The first-order chi connectivity index (χ1) is 11.5. The molecule has 5 nitrogen and oxygen atoms in total. The maximum absolute atomic E-state index is 12.6. The predicted molar refractivity (Wildman–Crippen MR) is 93.8 cm³/mol. The van der Waals surface area contributed by atoms with Crippen LogP contribution in [0, 0.1) is 0 Å². The standard InChI is InChI=1S/C17H16ClN3O2S/c1-13(16-9-5-6-10-17(16)18)20-24(22,23)15-11-19-21(12-15)14-7-3-2-4-8-14/h2-13,20H,1H3. The van der Waals surface area contributed by atoms with E-state index in [1.165, 1.54) is 17.1 Å². The molecule has 0 amide bonds. The van der Waals surface area contributed by atoms with Crippen molar-refractivity contribution in [3.05, 3.63) is 77.6 Å². The zero-order chi connectivity index (χ0) is 17.2. The van der Waals surface area contributed by atoms with Gasteiger partial charge in [0.05, 0.1) is 18.1 Å². The third-order valence-electron chi connectivity index (χ3n) is 3.59. The van der Waals surface area contributed by atoms with Crippen molar-refractivity contribution >= 4 is 21.6 Å². The summed E-state index contributed by atoms with van der Waals surface area (Å²) < 4.78 is 29.3. The van der Waals surface area contributed by atoms with Crippen LogP contribution in [0.15, 0.2) is 71.9 Å². The SMILES string of the molecule is CC(NS(=O)(=O)c1cnn(-c2ccccc2)c1)c1ccccc1Cl. The molecule has 0 bridgehead atoms. The van der Waals surface area contributed by atoms with Crippen LogP contribution < -0.4 is 4.72 Å². The molecule has 0 fully saturated rings. The summed E-state index contributed by atoms with van der Waals surface area (Å²) in [6, 6.07) is 16.0. The average molecular weight is 362 g/mol. The van der Waals surface area contributed by atoms with Crippen LogP contribution in [0.5, 0.6) is 0 Å². The Morgan fingerprint density at radius 1 is 1.08 bits per heavy atom. The van der Waals surface area contributed by atoms with Crippen molar-refractivity contribution in [2.75, 3.05) is 0 Å². The minimum atomic E-state index is -3.70. The Morgan fingerprint density at radius 2 is 1.75 bits per heavy atom. The summed E-state index contributed by atoms with van der Waals surface area (Å²) in [7, 11) is -3.70. The molecule has 0 aliphatic rings. The molecule has 0 spiro atoms. The van der Waals surface area contributed by atoms with Crippen LogP contribution in [-0.4, -0.2) is 18.2 Å². The van der Waals surface area contributed by atoms with Crippen LogP contribution in [0.4, 0.5) is 0 Å². The molecule has 0 aliphatic heterocycles. The van der Waals surface area contributed by atoms with Gasteiger partial charge in [-0.15, -0.1) is 0 Å². The molecule has 3 aromatic rings. The van der Waals surface area contributed by atoms with Crippen LogP contribution >= 0.6 is 11.6 Å². The Balaban J connectivity index is 1.84. The molecule has 0 radical (unpaired) electrons. The monoisotopic (exact) mass is 361 g/mol. The number of sulfonamides is 1. The molecule has 2 aromatic carbocycles. The minimum Gasteiger partial charge on any atom is -0.240 e. The summed E-state index contributed by atoms with van der Waals surface area (Å²) in [4.78, 5) is 0.102. The molecule has 1 aromatic heterocycles. The van der Waals surface area contributed by atoms with Crippen LogP contribution in [-0.2, 0) is 10.0 Å². The van der Waals surface area contributed by atoms with Gasteiger partial charge in [0.15, 0.2) is 0 Å². The molecule has 1 atom stereocenters. The lowest BCUT2D eigenvalue weighted by Crippen LogP contribution is -2.26. The maximum atomic E-state index is 12.6. The molecule has 7 heteroatoms. The van der Waals surface area contributed by atoms with Gasteiger partial charge in [0.2, 0.25) is 10.0 Å². The van der Waals surface area contributed by atoms with Crippen LogP contribution in [0.25, 0.3) is 5.69 Å². The van der Waals surface area contributed by atoms with Crippen molar-refractivity contribution in [2.24, 2.45) is 0 Å². The summed E-state index contributed by atoms with van der Waals surface area (Å²) in [5, 5.41) is 4.64. The molecule has 24 heavy (non-hydrogen) atoms. The average Bonchev–Trinajstić information content (AvgIpc) is 3.06. The van der Waals surface area contributed by atoms with Crippen LogP contribution in [0.2, 0.25) is 5.02 Å². The first-order valence-electron chi connectivity index (χ1n) is 7.34. The highest BCUT2D eigenvalue weighted by molar-refractivity contribution is 7.89. The molecule has 1 N–H and O–H groups in total. The number of para-hydroxylation sites is 1. The van der Waals surface area contributed by atoms with Crippen molar-refractivity contribution in [1.29, 1.82) is 0 Å². The van der Waals surface area contributed by atoms with Crippen molar-refractivity contribution in [3.8, 4) is 5.69 Å². The fourth-order valence-electron chi connectivity index (χ4n) is 2.36. The van der Waals surface area contributed by atoms with E-state index in [2.05, 4.69) is 9.82 Å². The molecular weight excluding hydrogens is 346 g/mol. The van der Waals surface area contributed by atoms with Crippen LogP contribution in [0.3, 0.4) is 0 Å². The fourth-order valence-corrected chi connectivity index (χ4v) is 3.81. The molecule has 0 saturated heterocycles. The van der Waals surface area contributed by atoms with Gasteiger partial charge in [-0.2, -0.15) is 5.10 Å². The second-order valence-corrected chi connectivity index (χ2v) is 7.44. The Bertz CT molecular complexity index is 939. The Labute approximate surface area is 145 Å². The molecule has 124 valence electrons. The summed E-state index contributed by atoms with van der Waals surface area (Å²) in [6.07, 6.45) is 2.81. The third kappa shape index (κ3) is 3.51. The topological polar surface area (TPSA) is 64.0 Å². The molecule has 0 saturated carbocycles. The van der Waals surface area contributed by atoms with Crippen molar-refractivity contribution < 1.29 is 8.42 Å². The van der Waals surface area contributed by atoms with E-state index in [-0.39, 0.29) is 4.90 Å². The lowest BCUT2D eigenvalue weighted by atomic mass is 10.1. The zero-order valence-electron chi connectivity index (χ0n) is 12.9. The number of hydrogen-bond donors (Lipinski definition) is 1. The highest BCUT2D eigenvalue weighted by Crippen LogP contribution is 2.24. The highest BCUT2D eigenvalue weighted by atomic mass is 35.5. The first kappa shape index (κ1) is 16.7. The van der Waals surface area contributed by atoms with Gasteiger partial charge in [0.1, 0.15) is 4.90 Å². The van der Waals surface area contributed by atoms with E-state index in [9.17, 15) is 8.42 Å². The lowest BCUT2D eigenvalue weighted by molar-refractivity contribution is 0.567. The molecular formula is C17H16ClN3O2S.